The maximum atomic E-state index is 11.9. The minimum absolute atomic E-state index is 0.0963. The second kappa shape index (κ2) is 2.76. The Balaban J connectivity index is 2.59. The number of hydrogen-bond acceptors (Lipinski definition) is 3. The Morgan fingerprint density at radius 2 is 2.25 bits per heavy atom. The van der Waals surface area contributed by atoms with Gasteiger partial charge < -0.3 is 0 Å². The summed E-state index contributed by atoms with van der Waals surface area (Å²) in [5, 5.41) is 0. The van der Waals surface area contributed by atoms with Crippen LogP contribution in [0.4, 0.5) is 13.2 Å². The highest BCUT2D eigenvalue weighted by Crippen LogP contribution is 2.22. The lowest BCUT2D eigenvalue weighted by atomic mass is 10.2. The standard InChI is InChI=1S/C6H7F3N2O/c1-4(12)5-2-11(3-10-5)6(7,8)9/h3,5H,2H2,1H3. The lowest BCUT2D eigenvalue weighted by Crippen LogP contribution is -2.38. The van der Waals surface area contributed by atoms with Gasteiger partial charge in [-0.25, -0.2) is 0 Å². The van der Waals surface area contributed by atoms with Crippen LogP contribution in [0.2, 0.25) is 0 Å². The fraction of sp³-hybridized carbons (Fsp3) is 0.667. The van der Waals surface area contributed by atoms with E-state index in [-0.39, 0.29) is 10.7 Å². The molecule has 3 nitrogen and oxygen atoms in total. The van der Waals surface area contributed by atoms with Crippen LogP contribution in [0, 0.1) is 0 Å². The quantitative estimate of drug-likeness (QED) is 0.559. The highest BCUT2D eigenvalue weighted by Gasteiger charge is 2.40. The Hall–Kier alpha value is -1.07. The summed E-state index contributed by atoms with van der Waals surface area (Å²) in [7, 11) is 0. The number of aliphatic imine (C=N–C) groups is 1. The molecule has 68 valence electrons. The zero-order chi connectivity index (χ0) is 9.35. The van der Waals surface area contributed by atoms with Crippen LogP contribution >= 0.6 is 0 Å². The molecule has 0 amide bonds. The predicted molar refractivity (Wildman–Crippen MR) is 35.7 cm³/mol. The van der Waals surface area contributed by atoms with Gasteiger partial charge in [-0.1, -0.05) is 0 Å². The Morgan fingerprint density at radius 1 is 1.67 bits per heavy atom. The molecule has 0 aliphatic carbocycles. The SMILES string of the molecule is CC(=O)C1CN(C(F)(F)F)C=N1. The molecule has 0 N–H and O–H groups in total. The molecule has 1 atom stereocenters. The van der Waals surface area contributed by atoms with Gasteiger partial charge in [-0.2, -0.15) is 13.2 Å². The molecule has 0 aromatic carbocycles. The van der Waals surface area contributed by atoms with Crippen molar-refractivity contribution in [2.24, 2.45) is 4.99 Å². The maximum Gasteiger partial charge on any atom is 0.485 e. The summed E-state index contributed by atoms with van der Waals surface area (Å²) >= 11 is 0. The van der Waals surface area contributed by atoms with Crippen LogP contribution < -0.4 is 0 Å². The van der Waals surface area contributed by atoms with Gasteiger partial charge in [0.25, 0.3) is 0 Å². The number of carbonyl (C=O) groups excluding carboxylic acids is 1. The number of ketones is 1. The Kier molecular flexibility index (Phi) is 2.08. The molecule has 0 spiro atoms. The first-order valence-corrected chi connectivity index (χ1v) is 3.28. The summed E-state index contributed by atoms with van der Waals surface area (Å²) in [6.07, 6.45) is -3.76. The molecular formula is C6H7F3N2O. The summed E-state index contributed by atoms with van der Waals surface area (Å²) in [6, 6.07) is -0.855. The third-order valence-corrected chi connectivity index (χ3v) is 1.55. The maximum absolute atomic E-state index is 11.9. The molecule has 0 aromatic rings. The summed E-state index contributed by atoms with van der Waals surface area (Å²) in [5.74, 6) is -0.349. The van der Waals surface area contributed by atoms with Gasteiger partial charge in [-0.15, -0.1) is 0 Å². The van der Waals surface area contributed by atoms with E-state index in [1.807, 2.05) is 0 Å². The highest BCUT2D eigenvalue weighted by atomic mass is 19.4. The van der Waals surface area contributed by atoms with Crippen molar-refractivity contribution >= 4 is 12.1 Å². The van der Waals surface area contributed by atoms with Crippen LogP contribution in [0.25, 0.3) is 0 Å². The van der Waals surface area contributed by atoms with Gasteiger partial charge in [0.1, 0.15) is 6.04 Å². The van der Waals surface area contributed by atoms with Gasteiger partial charge in [0.15, 0.2) is 5.78 Å². The van der Waals surface area contributed by atoms with Gasteiger partial charge in [0.05, 0.1) is 12.9 Å². The number of carbonyl (C=O) groups is 1. The number of rotatable bonds is 1. The Labute approximate surface area is 66.9 Å². The number of halogens is 3. The first kappa shape index (κ1) is 9.02. The average molecular weight is 180 g/mol. The van der Waals surface area contributed by atoms with E-state index in [2.05, 4.69) is 4.99 Å². The molecular weight excluding hydrogens is 173 g/mol. The van der Waals surface area contributed by atoms with Gasteiger partial charge in [-0.3, -0.25) is 14.7 Å². The van der Waals surface area contributed by atoms with Crippen molar-refractivity contribution in [3.05, 3.63) is 0 Å². The van der Waals surface area contributed by atoms with E-state index < -0.39 is 18.9 Å². The van der Waals surface area contributed by atoms with Gasteiger partial charge in [0.2, 0.25) is 0 Å². The van der Waals surface area contributed by atoms with Crippen LogP contribution in [0.3, 0.4) is 0 Å². The predicted octanol–water partition coefficient (Wildman–Crippen LogP) is 0.808. The minimum atomic E-state index is -4.42. The van der Waals surface area contributed by atoms with Crippen LogP contribution in [-0.4, -0.2) is 35.9 Å². The van der Waals surface area contributed by atoms with Crippen molar-refractivity contribution in [3.63, 3.8) is 0 Å². The highest BCUT2D eigenvalue weighted by molar-refractivity contribution is 5.85. The van der Waals surface area contributed by atoms with Crippen molar-refractivity contribution < 1.29 is 18.0 Å². The smallest absolute Gasteiger partial charge is 0.298 e. The molecule has 0 radical (unpaired) electrons. The van der Waals surface area contributed by atoms with E-state index in [4.69, 9.17) is 0 Å². The van der Waals surface area contributed by atoms with Gasteiger partial charge in [-0.05, 0) is 6.92 Å². The number of Topliss-reactive ketones (excluding diaryl/α,β-unsaturated/α-hetero) is 1. The average Bonchev–Trinajstić information content (AvgIpc) is 2.30. The van der Waals surface area contributed by atoms with Crippen molar-refractivity contribution in [1.29, 1.82) is 0 Å². The normalized spacial score (nSPS) is 23.3. The molecule has 0 fully saturated rings. The first-order chi connectivity index (χ1) is 5.41. The number of nitrogens with zero attached hydrogens (tertiary/aromatic N) is 2. The van der Waals surface area contributed by atoms with Crippen LogP contribution in [0.1, 0.15) is 6.92 Å². The summed E-state index contributed by atoms with van der Waals surface area (Å²) in [5.41, 5.74) is 0. The zero-order valence-electron chi connectivity index (χ0n) is 6.30. The third kappa shape index (κ3) is 1.75. The monoisotopic (exact) mass is 180 g/mol. The van der Waals surface area contributed by atoms with Crippen molar-refractivity contribution in [3.8, 4) is 0 Å². The second-order valence-electron chi connectivity index (χ2n) is 2.51. The molecule has 0 saturated carbocycles. The van der Waals surface area contributed by atoms with Crippen molar-refractivity contribution in [1.82, 2.24) is 4.90 Å². The molecule has 6 heteroatoms. The van der Waals surface area contributed by atoms with Crippen LogP contribution in [0.15, 0.2) is 4.99 Å². The topological polar surface area (TPSA) is 32.7 Å². The molecule has 0 aromatic heterocycles. The Bertz CT molecular complexity index is 223. The van der Waals surface area contributed by atoms with E-state index in [9.17, 15) is 18.0 Å². The summed E-state index contributed by atoms with van der Waals surface area (Å²) < 4.78 is 35.8. The molecule has 1 rings (SSSR count). The fourth-order valence-corrected chi connectivity index (χ4v) is 0.844. The molecule has 1 unspecified atom stereocenters. The summed E-state index contributed by atoms with van der Waals surface area (Å²) in [6.45, 7) is 0.834. The number of alkyl halides is 3. The summed E-state index contributed by atoms with van der Waals surface area (Å²) in [4.78, 5) is 14.1. The van der Waals surface area contributed by atoms with Crippen molar-refractivity contribution in [2.45, 2.75) is 19.3 Å². The molecule has 1 heterocycles. The first-order valence-electron chi connectivity index (χ1n) is 3.28. The lowest BCUT2D eigenvalue weighted by Gasteiger charge is -2.17. The zero-order valence-corrected chi connectivity index (χ0v) is 6.30. The fourth-order valence-electron chi connectivity index (χ4n) is 0.844. The molecule has 0 bridgehead atoms. The molecule has 12 heavy (non-hydrogen) atoms. The van der Waals surface area contributed by atoms with E-state index in [0.29, 0.717) is 6.34 Å². The van der Waals surface area contributed by atoms with Crippen molar-refractivity contribution in [2.75, 3.05) is 6.54 Å². The van der Waals surface area contributed by atoms with Crippen LogP contribution in [-0.2, 0) is 4.79 Å². The second-order valence-corrected chi connectivity index (χ2v) is 2.51. The Morgan fingerprint density at radius 3 is 2.50 bits per heavy atom. The van der Waals surface area contributed by atoms with E-state index in [0.717, 1.165) is 0 Å². The third-order valence-electron chi connectivity index (χ3n) is 1.55. The van der Waals surface area contributed by atoms with Gasteiger partial charge >= 0.3 is 6.30 Å². The number of hydrogen-bond donors (Lipinski definition) is 0. The van der Waals surface area contributed by atoms with Crippen LogP contribution in [0.5, 0.6) is 0 Å². The van der Waals surface area contributed by atoms with Gasteiger partial charge in [0, 0.05) is 0 Å². The van der Waals surface area contributed by atoms with E-state index >= 15 is 0 Å². The molecule has 1 aliphatic rings. The van der Waals surface area contributed by atoms with E-state index in [1.54, 1.807) is 0 Å². The minimum Gasteiger partial charge on any atom is -0.298 e. The van der Waals surface area contributed by atoms with E-state index in [1.165, 1.54) is 6.92 Å². The lowest BCUT2D eigenvalue weighted by molar-refractivity contribution is -0.213. The molecule has 0 saturated heterocycles. The molecule has 1 aliphatic heterocycles. The largest absolute Gasteiger partial charge is 0.485 e.